The van der Waals surface area contributed by atoms with Gasteiger partial charge in [-0.25, -0.2) is 0 Å². The van der Waals surface area contributed by atoms with Crippen LogP contribution < -0.4 is 10.1 Å². The fourth-order valence-corrected chi connectivity index (χ4v) is 4.26. The predicted octanol–water partition coefficient (Wildman–Crippen LogP) is 4.92. The van der Waals surface area contributed by atoms with Crippen molar-refractivity contribution in [1.29, 1.82) is 0 Å². The number of halogens is 1. The topological polar surface area (TPSA) is 41.6 Å². The molecule has 1 unspecified atom stereocenters. The highest BCUT2D eigenvalue weighted by molar-refractivity contribution is 7.10. The maximum atomic E-state index is 12.8. The van der Waals surface area contributed by atoms with Crippen molar-refractivity contribution < 1.29 is 9.53 Å². The zero-order chi connectivity index (χ0) is 18.2. The third-order valence-corrected chi connectivity index (χ3v) is 5.73. The molecule has 2 heterocycles. The molecule has 0 radical (unpaired) electrons. The van der Waals surface area contributed by atoms with E-state index in [1.54, 1.807) is 11.3 Å². The molecule has 1 aromatic carbocycles. The van der Waals surface area contributed by atoms with Gasteiger partial charge < -0.3 is 10.1 Å². The van der Waals surface area contributed by atoms with E-state index in [4.69, 9.17) is 4.74 Å². The molecule has 1 saturated heterocycles. The summed E-state index contributed by atoms with van der Waals surface area (Å²) >= 11 is 1.77. The zero-order valence-electron chi connectivity index (χ0n) is 15.9. The second-order valence-electron chi connectivity index (χ2n) is 6.68. The van der Waals surface area contributed by atoms with Crippen LogP contribution in [0.4, 0.5) is 0 Å². The van der Waals surface area contributed by atoms with Crippen molar-refractivity contribution in [3.05, 3.63) is 52.2 Å². The van der Waals surface area contributed by atoms with Crippen LogP contribution in [0.15, 0.2) is 41.8 Å². The molecular weight excluding hydrogens is 380 g/mol. The molecule has 1 aromatic heterocycles. The molecule has 1 fully saturated rings. The molecular formula is C21H29ClN2O2S. The van der Waals surface area contributed by atoms with Crippen LogP contribution in [0.25, 0.3) is 0 Å². The van der Waals surface area contributed by atoms with Crippen molar-refractivity contribution in [2.75, 3.05) is 26.2 Å². The molecule has 4 nitrogen and oxygen atoms in total. The van der Waals surface area contributed by atoms with Crippen molar-refractivity contribution in [3.8, 4) is 5.75 Å². The number of nitrogens with zero attached hydrogens (tertiary/aromatic N) is 1. The number of thiophene rings is 1. The number of hydrogen-bond donors (Lipinski definition) is 1. The second kappa shape index (κ2) is 11.3. The summed E-state index contributed by atoms with van der Waals surface area (Å²) in [5.74, 6) is 0.604. The van der Waals surface area contributed by atoms with Crippen LogP contribution in [0.2, 0.25) is 0 Å². The Morgan fingerprint density at radius 1 is 1.19 bits per heavy atom. The molecule has 0 bridgehead atoms. The molecule has 0 spiro atoms. The molecule has 0 saturated carbocycles. The highest BCUT2D eigenvalue weighted by Gasteiger charge is 2.24. The first-order valence-electron chi connectivity index (χ1n) is 9.57. The molecule has 1 amide bonds. The molecule has 3 rings (SSSR count). The van der Waals surface area contributed by atoms with E-state index in [1.165, 1.54) is 24.1 Å². The zero-order valence-corrected chi connectivity index (χ0v) is 17.5. The number of likely N-dealkylation sites (tertiary alicyclic amines) is 1. The summed E-state index contributed by atoms with van der Waals surface area (Å²) in [5.41, 5.74) is 0.615. The van der Waals surface area contributed by atoms with Crippen LogP contribution in [-0.2, 0) is 0 Å². The Hall–Kier alpha value is -1.56. The van der Waals surface area contributed by atoms with Gasteiger partial charge in [0, 0.05) is 11.4 Å². The van der Waals surface area contributed by atoms with E-state index in [2.05, 4.69) is 34.7 Å². The lowest BCUT2D eigenvalue weighted by atomic mass is 10.1. The SMILES string of the molecule is CCCOc1ccccc1C(=O)NCC(c1cccs1)N1CCCCC1.Cl. The van der Waals surface area contributed by atoms with Crippen LogP contribution in [0, 0.1) is 0 Å². The molecule has 0 aliphatic carbocycles. The maximum Gasteiger partial charge on any atom is 0.255 e. The van der Waals surface area contributed by atoms with Gasteiger partial charge in [0.25, 0.3) is 5.91 Å². The van der Waals surface area contributed by atoms with Gasteiger partial charge in [0.15, 0.2) is 0 Å². The Morgan fingerprint density at radius 2 is 1.96 bits per heavy atom. The van der Waals surface area contributed by atoms with Crippen LogP contribution in [0.3, 0.4) is 0 Å². The fourth-order valence-electron chi connectivity index (χ4n) is 3.40. The number of carbonyl (C=O) groups is 1. The number of benzene rings is 1. The minimum absolute atomic E-state index is 0. The van der Waals surface area contributed by atoms with Crippen molar-refractivity contribution in [2.45, 2.75) is 38.6 Å². The summed E-state index contributed by atoms with van der Waals surface area (Å²) in [7, 11) is 0. The lowest BCUT2D eigenvalue weighted by molar-refractivity contribution is 0.0921. The van der Waals surface area contributed by atoms with Gasteiger partial charge in [0.05, 0.1) is 18.2 Å². The Labute approximate surface area is 172 Å². The third kappa shape index (κ3) is 5.96. The number of amides is 1. The molecule has 1 aliphatic rings. The molecule has 148 valence electrons. The quantitative estimate of drug-likeness (QED) is 0.674. The van der Waals surface area contributed by atoms with E-state index >= 15 is 0 Å². The Balaban J connectivity index is 0.00000261. The molecule has 1 aliphatic heterocycles. The molecule has 6 heteroatoms. The summed E-state index contributed by atoms with van der Waals surface area (Å²) in [6.45, 7) is 5.52. The number of nitrogens with one attached hydrogen (secondary N) is 1. The van der Waals surface area contributed by atoms with Crippen molar-refractivity contribution in [2.24, 2.45) is 0 Å². The Morgan fingerprint density at radius 3 is 2.67 bits per heavy atom. The van der Waals surface area contributed by atoms with E-state index < -0.39 is 0 Å². The summed E-state index contributed by atoms with van der Waals surface area (Å²) in [4.78, 5) is 16.6. The van der Waals surface area contributed by atoms with Crippen molar-refractivity contribution in [1.82, 2.24) is 10.2 Å². The van der Waals surface area contributed by atoms with Gasteiger partial charge in [0.1, 0.15) is 5.75 Å². The monoisotopic (exact) mass is 408 g/mol. The van der Waals surface area contributed by atoms with E-state index in [-0.39, 0.29) is 24.4 Å². The summed E-state index contributed by atoms with van der Waals surface area (Å²) in [5, 5.41) is 5.26. The van der Waals surface area contributed by atoms with E-state index in [1.807, 2.05) is 24.3 Å². The van der Waals surface area contributed by atoms with Gasteiger partial charge in [0.2, 0.25) is 0 Å². The fraction of sp³-hybridized carbons (Fsp3) is 0.476. The number of ether oxygens (including phenoxy) is 1. The first-order chi connectivity index (χ1) is 12.8. The van der Waals surface area contributed by atoms with Gasteiger partial charge in [-0.2, -0.15) is 0 Å². The van der Waals surface area contributed by atoms with E-state index in [0.29, 0.717) is 24.5 Å². The number of para-hydroxylation sites is 1. The van der Waals surface area contributed by atoms with Crippen LogP contribution in [-0.4, -0.2) is 37.0 Å². The highest BCUT2D eigenvalue weighted by atomic mass is 35.5. The average Bonchev–Trinajstić information content (AvgIpc) is 3.22. The first kappa shape index (κ1) is 21.7. The lowest BCUT2D eigenvalue weighted by Crippen LogP contribution is -2.40. The predicted molar refractivity (Wildman–Crippen MR) is 114 cm³/mol. The molecule has 27 heavy (non-hydrogen) atoms. The maximum absolute atomic E-state index is 12.8. The van der Waals surface area contributed by atoms with Crippen molar-refractivity contribution >= 4 is 29.7 Å². The van der Waals surface area contributed by atoms with Gasteiger partial charge in [-0.15, -0.1) is 23.7 Å². The normalized spacial score (nSPS) is 15.6. The largest absolute Gasteiger partial charge is 0.493 e. The molecule has 1 atom stereocenters. The van der Waals surface area contributed by atoms with Crippen LogP contribution in [0.1, 0.15) is 53.9 Å². The number of rotatable bonds is 8. The summed E-state index contributed by atoms with van der Waals surface area (Å²) in [6.07, 6.45) is 4.71. The van der Waals surface area contributed by atoms with Gasteiger partial charge >= 0.3 is 0 Å². The number of hydrogen-bond acceptors (Lipinski definition) is 4. The van der Waals surface area contributed by atoms with Crippen LogP contribution >= 0.6 is 23.7 Å². The Bertz CT molecular complexity index is 687. The van der Waals surface area contributed by atoms with Gasteiger partial charge in [-0.3, -0.25) is 9.69 Å². The summed E-state index contributed by atoms with van der Waals surface area (Å²) < 4.78 is 5.73. The first-order valence-corrected chi connectivity index (χ1v) is 10.4. The number of piperidine rings is 1. The number of carbonyl (C=O) groups excluding carboxylic acids is 1. The molecule has 2 aromatic rings. The van der Waals surface area contributed by atoms with Crippen molar-refractivity contribution in [3.63, 3.8) is 0 Å². The smallest absolute Gasteiger partial charge is 0.255 e. The standard InChI is InChI=1S/C21H28N2O2S.ClH/c1-2-14-25-19-10-5-4-9-17(19)21(24)22-16-18(20-11-8-15-26-20)23-12-6-3-7-13-23;/h4-5,8-11,15,18H,2-3,6-7,12-14,16H2,1H3,(H,22,24);1H. The van der Waals surface area contributed by atoms with E-state index in [0.717, 1.165) is 19.5 Å². The average molecular weight is 409 g/mol. The van der Waals surface area contributed by atoms with Crippen LogP contribution in [0.5, 0.6) is 5.75 Å². The summed E-state index contributed by atoms with van der Waals surface area (Å²) in [6, 6.07) is 12.0. The Kier molecular flexibility index (Phi) is 9.11. The lowest BCUT2D eigenvalue weighted by Gasteiger charge is -2.34. The minimum Gasteiger partial charge on any atom is -0.493 e. The highest BCUT2D eigenvalue weighted by Crippen LogP contribution is 2.28. The molecule has 1 N–H and O–H groups in total. The second-order valence-corrected chi connectivity index (χ2v) is 7.66. The third-order valence-electron chi connectivity index (χ3n) is 4.75. The van der Waals surface area contributed by atoms with Gasteiger partial charge in [-0.05, 0) is 55.9 Å². The van der Waals surface area contributed by atoms with E-state index in [9.17, 15) is 4.79 Å². The van der Waals surface area contributed by atoms with Gasteiger partial charge in [-0.1, -0.05) is 31.5 Å². The minimum atomic E-state index is -0.0599.